The van der Waals surface area contributed by atoms with E-state index in [1.54, 1.807) is 12.1 Å². The van der Waals surface area contributed by atoms with Gasteiger partial charge in [-0.05, 0) is 17.7 Å². The number of hydrogen-bond donors (Lipinski definition) is 6. The zero-order chi connectivity index (χ0) is 27.9. The molecule has 0 fully saturated rings. The number of benzene rings is 1. The van der Waals surface area contributed by atoms with Gasteiger partial charge in [0.15, 0.2) is 5.13 Å². The molecule has 0 atom stereocenters. The number of nitrogens with zero attached hydrogens (tertiary/aromatic N) is 1. The van der Waals surface area contributed by atoms with Crippen molar-refractivity contribution >= 4 is 34.4 Å². The Morgan fingerprint density at radius 2 is 1.56 bits per heavy atom. The van der Waals surface area contributed by atoms with E-state index in [9.17, 15) is 35.5 Å². The van der Waals surface area contributed by atoms with Crippen molar-refractivity contribution in [3.05, 3.63) is 46.7 Å². The average molecular weight is 551 g/mol. The number of aliphatic carboxylic acids is 2. The molecule has 2 amide bonds. The molecular weight excluding hydrogens is 531 g/mol. The number of alkyl halides is 6. The number of carbonyl (C=O) groups excluding carboxylic acids is 1. The van der Waals surface area contributed by atoms with Crippen LogP contribution in [0.15, 0.2) is 29.6 Å². The second kappa shape index (κ2) is 15.5. The summed E-state index contributed by atoms with van der Waals surface area (Å²) in [6.45, 7) is 2.15. The number of carboxylic acids is 2. The maximum Gasteiger partial charge on any atom is 0.490 e. The molecule has 1 aromatic carbocycles. The van der Waals surface area contributed by atoms with Crippen molar-refractivity contribution in [3.8, 4) is 0 Å². The number of carbonyl (C=O) groups is 3. The first-order valence-corrected chi connectivity index (χ1v) is 10.2. The molecule has 2 aromatic rings. The Kier molecular flexibility index (Phi) is 14.0. The first-order valence-electron chi connectivity index (χ1n) is 9.31. The molecule has 0 aliphatic rings. The molecule has 0 radical (unpaired) electrons. The van der Waals surface area contributed by atoms with Crippen LogP contribution in [0.5, 0.6) is 0 Å². The van der Waals surface area contributed by atoms with E-state index in [-0.39, 0.29) is 18.4 Å². The Labute approximate surface area is 202 Å². The second-order valence-corrected chi connectivity index (χ2v) is 7.01. The minimum atomic E-state index is -5.08. The largest absolute Gasteiger partial charge is 0.490 e. The molecule has 0 bridgehead atoms. The summed E-state index contributed by atoms with van der Waals surface area (Å²) in [5.41, 5.74) is 6.93. The number of carboxylic acid groups (broad SMARTS) is 2. The summed E-state index contributed by atoms with van der Waals surface area (Å²) >= 11 is 1.35. The Bertz CT molecular complexity index is 962. The molecule has 0 aliphatic heterocycles. The van der Waals surface area contributed by atoms with E-state index in [4.69, 9.17) is 25.5 Å². The standard InChI is InChI=1S/C14H18FN5OS.2C2HF3O2/c15-11-3-1-2-10(6-11)7-18-13(21)20-14-19-12(9-22-14)8-17-5-4-16;2*3-2(4,5)1(6)7/h1-3,6,9,17H,4-5,7-8,16H2,(H2,18,19,20,21);2*(H,6,7). The van der Waals surface area contributed by atoms with Gasteiger partial charge in [-0.25, -0.2) is 23.8 Å². The molecule has 2 rings (SSSR count). The Morgan fingerprint density at radius 3 is 2.03 bits per heavy atom. The third kappa shape index (κ3) is 15.4. The van der Waals surface area contributed by atoms with Crippen molar-refractivity contribution in [1.29, 1.82) is 0 Å². The molecule has 0 unspecified atom stereocenters. The van der Waals surface area contributed by atoms with Crippen molar-refractivity contribution < 1.29 is 55.3 Å². The minimum absolute atomic E-state index is 0.250. The molecule has 0 saturated carbocycles. The third-order valence-corrected chi connectivity index (χ3v) is 4.03. The van der Waals surface area contributed by atoms with E-state index in [0.29, 0.717) is 30.3 Å². The fraction of sp³-hybridized carbons (Fsp3) is 0.333. The van der Waals surface area contributed by atoms with Crippen LogP contribution in [0.4, 0.5) is 40.7 Å². The molecule has 0 saturated heterocycles. The van der Waals surface area contributed by atoms with E-state index >= 15 is 0 Å². The fourth-order valence-corrected chi connectivity index (χ4v) is 2.44. The molecule has 10 nitrogen and oxygen atoms in total. The maximum absolute atomic E-state index is 13.0. The highest BCUT2D eigenvalue weighted by molar-refractivity contribution is 7.13. The van der Waals surface area contributed by atoms with Gasteiger partial charge < -0.3 is 26.6 Å². The number of nitrogens with one attached hydrogen (secondary N) is 3. The van der Waals surface area contributed by atoms with Gasteiger partial charge in [-0.2, -0.15) is 26.3 Å². The molecule has 0 spiro atoms. The van der Waals surface area contributed by atoms with Crippen molar-refractivity contribution in [2.75, 3.05) is 18.4 Å². The quantitative estimate of drug-likeness (QED) is 0.226. The van der Waals surface area contributed by atoms with E-state index in [1.807, 2.05) is 5.38 Å². The van der Waals surface area contributed by atoms with Gasteiger partial charge in [0.1, 0.15) is 5.82 Å². The fourth-order valence-electron chi connectivity index (χ4n) is 1.73. The van der Waals surface area contributed by atoms with Crippen LogP contribution in [0.25, 0.3) is 0 Å². The maximum atomic E-state index is 13.0. The predicted molar refractivity (Wildman–Crippen MR) is 113 cm³/mol. The van der Waals surface area contributed by atoms with Crippen molar-refractivity contribution in [2.24, 2.45) is 5.73 Å². The van der Waals surface area contributed by atoms with Gasteiger partial charge in [-0.1, -0.05) is 12.1 Å². The lowest BCUT2D eigenvalue weighted by Gasteiger charge is -2.05. The highest BCUT2D eigenvalue weighted by Gasteiger charge is 2.38. The van der Waals surface area contributed by atoms with Crippen LogP contribution < -0.4 is 21.7 Å². The van der Waals surface area contributed by atoms with E-state index in [1.165, 1.54) is 23.5 Å². The Morgan fingerprint density at radius 1 is 1.00 bits per heavy atom. The number of aromatic nitrogens is 1. The highest BCUT2D eigenvalue weighted by atomic mass is 32.1. The summed E-state index contributed by atoms with van der Waals surface area (Å²) in [5, 5.41) is 25.1. The van der Waals surface area contributed by atoms with Crippen LogP contribution >= 0.6 is 11.3 Å². The van der Waals surface area contributed by atoms with Crippen LogP contribution in [0, 0.1) is 5.82 Å². The Balaban J connectivity index is 0.000000720. The van der Waals surface area contributed by atoms with E-state index in [2.05, 4.69) is 20.9 Å². The van der Waals surface area contributed by atoms with Crippen LogP contribution in [-0.4, -0.2) is 58.6 Å². The topological polar surface area (TPSA) is 167 Å². The molecule has 1 aromatic heterocycles. The van der Waals surface area contributed by atoms with Crippen molar-refractivity contribution in [2.45, 2.75) is 25.4 Å². The summed E-state index contributed by atoms with van der Waals surface area (Å²) in [6, 6.07) is 5.71. The first kappa shape index (κ1) is 32.5. The number of anilines is 1. The lowest BCUT2D eigenvalue weighted by Crippen LogP contribution is -2.28. The van der Waals surface area contributed by atoms with Crippen LogP contribution in [0.3, 0.4) is 0 Å². The Hall–Kier alpha value is -3.51. The smallest absolute Gasteiger partial charge is 0.475 e. The zero-order valence-corrected chi connectivity index (χ0v) is 18.7. The number of thiazole rings is 1. The van der Waals surface area contributed by atoms with Gasteiger partial charge in [0, 0.05) is 31.6 Å². The third-order valence-electron chi connectivity index (χ3n) is 3.23. The summed E-state index contributed by atoms with van der Waals surface area (Å²) in [4.78, 5) is 33.8. The number of halogens is 7. The molecule has 0 aliphatic carbocycles. The highest BCUT2D eigenvalue weighted by Crippen LogP contribution is 2.15. The van der Waals surface area contributed by atoms with Crippen molar-refractivity contribution in [3.63, 3.8) is 0 Å². The summed E-state index contributed by atoms with van der Waals surface area (Å²) in [5.74, 6) is -5.84. The lowest BCUT2D eigenvalue weighted by atomic mass is 10.2. The van der Waals surface area contributed by atoms with Gasteiger partial charge in [-0.3, -0.25) is 5.32 Å². The van der Waals surface area contributed by atoms with Gasteiger partial charge in [0.25, 0.3) is 0 Å². The van der Waals surface area contributed by atoms with Gasteiger partial charge in [-0.15, -0.1) is 11.3 Å². The number of amides is 2. The SMILES string of the molecule is NCCNCc1csc(NC(=O)NCc2cccc(F)c2)n1.O=C(O)C(F)(F)F.O=C(O)C(F)(F)F. The zero-order valence-electron chi connectivity index (χ0n) is 17.9. The number of hydrogen-bond acceptors (Lipinski definition) is 7. The summed E-state index contributed by atoms with van der Waals surface area (Å²) in [6.07, 6.45) is -10.2. The lowest BCUT2D eigenvalue weighted by molar-refractivity contribution is -0.193. The number of rotatable bonds is 7. The minimum Gasteiger partial charge on any atom is -0.475 e. The van der Waals surface area contributed by atoms with Gasteiger partial charge in [0.2, 0.25) is 0 Å². The molecule has 18 heteroatoms. The normalized spacial score (nSPS) is 10.8. The molecule has 1 heterocycles. The van der Waals surface area contributed by atoms with Crippen molar-refractivity contribution in [1.82, 2.24) is 15.6 Å². The van der Waals surface area contributed by atoms with Gasteiger partial charge >= 0.3 is 30.3 Å². The molecule has 7 N–H and O–H groups in total. The summed E-state index contributed by atoms with van der Waals surface area (Å²) < 4.78 is 76.5. The monoisotopic (exact) mass is 551 g/mol. The molecular formula is C18H20F7N5O5S. The second-order valence-electron chi connectivity index (χ2n) is 6.15. The molecule has 36 heavy (non-hydrogen) atoms. The van der Waals surface area contributed by atoms with E-state index < -0.39 is 24.3 Å². The van der Waals surface area contributed by atoms with E-state index in [0.717, 1.165) is 5.69 Å². The van der Waals surface area contributed by atoms with Crippen LogP contribution in [0.2, 0.25) is 0 Å². The number of urea groups is 1. The predicted octanol–water partition coefficient (Wildman–Crippen LogP) is 2.92. The van der Waals surface area contributed by atoms with Crippen LogP contribution in [-0.2, 0) is 22.7 Å². The first-order chi connectivity index (χ1) is 16.6. The average Bonchev–Trinajstić information content (AvgIpc) is 3.19. The number of nitrogens with two attached hydrogens (primary N) is 1. The van der Waals surface area contributed by atoms with Gasteiger partial charge in [0.05, 0.1) is 5.69 Å². The summed E-state index contributed by atoms with van der Waals surface area (Å²) in [7, 11) is 0. The molecule has 202 valence electrons. The van der Waals surface area contributed by atoms with Crippen LogP contribution in [0.1, 0.15) is 11.3 Å².